The molecular formula is C64H123NO5. The minimum absolute atomic E-state index is 0.00886. The fourth-order valence-electron chi connectivity index (χ4n) is 9.87. The van der Waals surface area contributed by atoms with Crippen LogP contribution in [0, 0.1) is 0 Å². The summed E-state index contributed by atoms with van der Waals surface area (Å²) < 4.78 is 5.48. The van der Waals surface area contributed by atoms with E-state index in [9.17, 15) is 19.8 Å². The monoisotopic (exact) mass is 986 g/mol. The Labute approximate surface area is 437 Å². The number of aliphatic hydroxyl groups is 2. The minimum Gasteiger partial charge on any atom is -0.466 e. The number of rotatable bonds is 59. The maximum Gasteiger partial charge on any atom is 0.305 e. The van der Waals surface area contributed by atoms with Crippen molar-refractivity contribution in [1.29, 1.82) is 0 Å². The zero-order valence-corrected chi connectivity index (χ0v) is 47.3. The molecule has 0 aromatic rings. The van der Waals surface area contributed by atoms with E-state index >= 15 is 0 Å². The first-order chi connectivity index (χ1) is 34.5. The fourth-order valence-corrected chi connectivity index (χ4v) is 9.87. The third-order valence-electron chi connectivity index (χ3n) is 14.7. The van der Waals surface area contributed by atoms with Crippen molar-refractivity contribution < 1.29 is 24.5 Å². The lowest BCUT2D eigenvalue weighted by atomic mass is 10.0. The van der Waals surface area contributed by atoms with Gasteiger partial charge in [0.1, 0.15) is 0 Å². The van der Waals surface area contributed by atoms with E-state index in [1.165, 1.54) is 250 Å². The molecule has 2 atom stereocenters. The predicted octanol–water partition coefficient (Wildman–Crippen LogP) is 19.8. The number of hydrogen-bond donors (Lipinski definition) is 3. The molecule has 0 aromatic heterocycles. The number of ether oxygens (including phenoxy) is 1. The van der Waals surface area contributed by atoms with Crippen LogP contribution in [-0.2, 0) is 14.3 Å². The van der Waals surface area contributed by atoms with Crippen LogP contribution in [0.4, 0.5) is 0 Å². The first kappa shape index (κ1) is 68.3. The highest BCUT2D eigenvalue weighted by molar-refractivity contribution is 5.76. The zero-order chi connectivity index (χ0) is 50.7. The molecule has 0 heterocycles. The van der Waals surface area contributed by atoms with Crippen molar-refractivity contribution in [3.63, 3.8) is 0 Å². The lowest BCUT2D eigenvalue weighted by molar-refractivity contribution is -0.143. The second-order valence-corrected chi connectivity index (χ2v) is 21.7. The van der Waals surface area contributed by atoms with Crippen LogP contribution in [0.3, 0.4) is 0 Å². The largest absolute Gasteiger partial charge is 0.466 e. The highest BCUT2D eigenvalue weighted by Gasteiger charge is 2.18. The minimum atomic E-state index is -0.862. The van der Waals surface area contributed by atoms with E-state index in [1.54, 1.807) is 6.08 Å². The van der Waals surface area contributed by atoms with Crippen LogP contribution >= 0.6 is 0 Å². The summed E-state index contributed by atoms with van der Waals surface area (Å²) in [6.07, 6.45) is 73.6. The van der Waals surface area contributed by atoms with Gasteiger partial charge in [-0.15, -0.1) is 0 Å². The highest BCUT2D eigenvalue weighted by atomic mass is 16.5. The molecule has 414 valence electrons. The summed E-state index contributed by atoms with van der Waals surface area (Å²) >= 11 is 0. The van der Waals surface area contributed by atoms with Gasteiger partial charge in [-0.1, -0.05) is 301 Å². The molecule has 0 radical (unpaired) electrons. The number of unbranched alkanes of at least 4 members (excludes halogenated alkanes) is 46. The maximum atomic E-state index is 12.5. The van der Waals surface area contributed by atoms with Gasteiger partial charge in [0, 0.05) is 12.8 Å². The summed E-state index contributed by atoms with van der Waals surface area (Å²) in [5, 5.41) is 23.2. The summed E-state index contributed by atoms with van der Waals surface area (Å²) in [5.41, 5.74) is 0. The third kappa shape index (κ3) is 55.7. The van der Waals surface area contributed by atoms with Crippen LogP contribution in [0.15, 0.2) is 24.3 Å². The molecule has 0 fully saturated rings. The predicted molar refractivity (Wildman–Crippen MR) is 306 cm³/mol. The van der Waals surface area contributed by atoms with Crippen molar-refractivity contribution in [3.05, 3.63) is 24.3 Å². The van der Waals surface area contributed by atoms with Crippen molar-refractivity contribution in [2.75, 3.05) is 13.2 Å². The molecule has 1 amide bonds. The molecule has 0 aromatic carbocycles. The molecule has 6 nitrogen and oxygen atoms in total. The molecule has 0 spiro atoms. The average molecular weight is 987 g/mol. The average Bonchev–Trinajstić information content (AvgIpc) is 3.36. The molecule has 70 heavy (non-hydrogen) atoms. The lowest BCUT2D eigenvalue weighted by Gasteiger charge is -2.19. The van der Waals surface area contributed by atoms with Gasteiger partial charge in [-0.3, -0.25) is 9.59 Å². The Morgan fingerprint density at radius 3 is 1.03 bits per heavy atom. The van der Waals surface area contributed by atoms with Gasteiger partial charge >= 0.3 is 5.97 Å². The van der Waals surface area contributed by atoms with Crippen LogP contribution in [0.25, 0.3) is 0 Å². The quantitative estimate of drug-likeness (QED) is 0.0321. The number of carbonyl (C=O) groups excluding carboxylic acids is 2. The normalized spacial score (nSPS) is 12.7. The highest BCUT2D eigenvalue weighted by Crippen LogP contribution is 2.18. The van der Waals surface area contributed by atoms with Crippen molar-refractivity contribution in [1.82, 2.24) is 5.32 Å². The summed E-state index contributed by atoms with van der Waals surface area (Å²) in [5.74, 6) is -0.103. The van der Waals surface area contributed by atoms with E-state index in [4.69, 9.17) is 4.74 Å². The molecule has 0 saturated heterocycles. The van der Waals surface area contributed by atoms with E-state index < -0.39 is 12.1 Å². The Balaban J connectivity index is 3.49. The SMILES string of the molecule is CCCCCCCCCCCCCCCCCCCCCC/C=C/C(O)C(CO)NC(=O)CCCCC/C=C\CCCCCCCCOC(=O)CCCCCCCCCCCCCCCCCCCC. The molecule has 6 heteroatoms. The second kappa shape index (κ2) is 59.9. The van der Waals surface area contributed by atoms with Gasteiger partial charge in [0.05, 0.1) is 25.4 Å². The van der Waals surface area contributed by atoms with Gasteiger partial charge in [-0.05, 0) is 57.8 Å². The van der Waals surface area contributed by atoms with E-state index in [0.717, 1.165) is 70.6 Å². The van der Waals surface area contributed by atoms with Gasteiger partial charge in [-0.2, -0.15) is 0 Å². The first-order valence-corrected chi connectivity index (χ1v) is 31.6. The van der Waals surface area contributed by atoms with E-state index in [1.807, 2.05) is 6.08 Å². The van der Waals surface area contributed by atoms with Gasteiger partial charge in [0.25, 0.3) is 0 Å². The van der Waals surface area contributed by atoms with Crippen LogP contribution in [0.5, 0.6) is 0 Å². The van der Waals surface area contributed by atoms with E-state index in [0.29, 0.717) is 19.4 Å². The second-order valence-electron chi connectivity index (χ2n) is 21.7. The number of esters is 1. The van der Waals surface area contributed by atoms with Crippen molar-refractivity contribution >= 4 is 11.9 Å². The fraction of sp³-hybridized carbons (Fsp3) is 0.906. The molecule has 2 unspecified atom stereocenters. The molecular weight excluding hydrogens is 863 g/mol. The Morgan fingerprint density at radius 2 is 0.671 bits per heavy atom. The van der Waals surface area contributed by atoms with Crippen LogP contribution in [-0.4, -0.2) is 47.4 Å². The molecule has 0 aliphatic rings. The van der Waals surface area contributed by atoms with Crippen molar-refractivity contribution in [2.24, 2.45) is 0 Å². The number of allylic oxidation sites excluding steroid dienone is 3. The Hall–Kier alpha value is -1.66. The number of amides is 1. The molecule has 0 rings (SSSR count). The van der Waals surface area contributed by atoms with Gasteiger partial charge < -0.3 is 20.3 Å². The molecule has 0 aliphatic carbocycles. The summed E-state index contributed by atoms with van der Waals surface area (Å²) in [4.78, 5) is 24.6. The Bertz CT molecular complexity index is 1090. The van der Waals surface area contributed by atoms with Crippen LogP contribution in [0.1, 0.15) is 348 Å². The summed E-state index contributed by atoms with van der Waals surface area (Å²) in [6, 6.07) is -0.649. The smallest absolute Gasteiger partial charge is 0.305 e. The number of nitrogens with one attached hydrogen (secondary N) is 1. The lowest BCUT2D eigenvalue weighted by Crippen LogP contribution is -2.45. The zero-order valence-electron chi connectivity index (χ0n) is 47.3. The number of carbonyl (C=O) groups is 2. The van der Waals surface area contributed by atoms with Gasteiger partial charge in [0.2, 0.25) is 5.91 Å². The van der Waals surface area contributed by atoms with Crippen molar-refractivity contribution in [2.45, 2.75) is 360 Å². The summed E-state index contributed by atoms with van der Waals surface area (Å²) in [6.45, 7) is 4.89. The Morgan fingerprint density at radius 1 is 0.386 bits per heavy atom. The maximum absolute atomic E-state index is 12.5. The number of hydrogen-bond acceptors (Lipinski definition) is 5. The van der Waals surface area contributed by atoms with Crippen LogP contribution < -0.4 is 5.32 Å². The molecule has 3 N–H and O–H groups in total. The topological polar surface area (TPSA) is 95.9 Å². The third-order valence-corrected chi connectivity index (χ3v) is 14.7. The van der Waals surface area contributed by atoms with Gasteiger partial charge in [-0.25, -0.2) is 0 Å². The molecule has 0 aliphatic heterocycles. The van der Waals surface area contributed by atoms with Crippen LogP contribution in [0.2, 0.25) is 0 Å². The Kier molecular flexibility index (Phi) is 58.5. The van der Waals surface area contributed by atoms with E-state index in [-0.39, 0.29) is 18.5 Å². The number of aliphatic hydroxyl groups excluding tert-OH is 2. The standard InChI is InChI=1S/C64H123NO5/c1-3-5-7-9-11-13-15-17-19-21-23-24-25-26-27-29-32-36-40-44-48-52-56-62(67)61(60-66)65-63(68)57-53-49-45-41-37-33-31-35-39-43-47-51-55-59-70-64(69)58-54-50-46-42-38-34-30-28-22-20-18-16-14-12-10-8-6-4-2/h33,37,52,56,61-62,66-67H,3-32,34-36,38-51,53-55,57-60H2,1-2H3,(H,65,68)/b37-33-,56-52+. The molecule has 0 saturated carbocycles. The van der Waals surface area contributed by atoms with E-state index in [2.05, 4.69) is 31.3 Å². The molecule has 0 bridgehead atoms. The first-order valence-electron chi connectivity index (χ1n) is 31.6. The summed E-state index contributed by atoms with van der Waals surface area (Å²) in [7, 11) is 0. The van der Waals surface area contributed by atoms with Crippen molar-refractivity contribution in [3.8, 4) is 0 Å². The van der Waals surface area contributed by atoms with Gasteiger partial charge in [0.15, 0.2) is 0 Å².